The number of hydrogen-bond donors (Lipinski definition) is 2. The van der Waals surface area contributed by atoms with Crippen molar-refractivity contribution in [3.8, 4) is 5.75 Å². The molecule has 1 spiro atoms. The number of carbonyl (C=O) groups is 1. The molecule has 0 radical (unpaired) electrons. The summed E-state index contributed by atoms with van der Waals surface area (Å²) in [4.78, 5) is 15.9. The van der Waals surface area contributed by atoms with Crippen LogP contribution in [-0.2, 0) is 16.8 Å². The maximum absolute atomic E-state index is 14.2. The highest BCUT2D eigenvalue weighted by atomic mass is 16.5. The second-order valence-electron chi connectivity index (χ2n) is 9.38. The van der Waals surface area contributed by atoms with Crippen molar-refractivity contribution in [1.82, 2.24) is 0 Å². The molecule has 2 atom stereocenters. The number of aliphatic hydroxyl groups is 2. The van der Waals surface area contributed by atoms with Crippen molar-refractivity contribution >= 4 is 11.6 Å². The molecule has 3 aromatic rings. The predicted molar refractivity (Wildman–Crippen MR) is 132 cm³/mol. The van der Waals surface area contributed by atoms with Crippen molar-refractivity contribution in [2.75, 3.05) is 11.5 Å². The molecule has 34 heavy (non-hydrogen) atoms. The molecule has 1 aliphatic heterocycles. The van der Waals surface area contributed by atoms with Crippen LogP contribution in [0.1, 0.15) is 54.8 Å². The van der Waals surface area contributed by atoms with E-state index >= 15 is 0 Å². The van der Waals surface area contributed by atoms with E-state index in [0.717, 1.165) is 60.2 Å². The van der Waals surface area contributed by atoms with Crippen LogP contribution in [-0.4, -0.2) is 28.8 Å². The van der Waals surface area contributed by atoms with Gasteiger partial charge >= 0.3 is 0 Å². The van der Waals surface area contributed by atoms with Crippen LogP contribution in [0.4, 0.5) is 5.69 Å². The maximum Gasteiger partial charge on any atom is 0.238 e. The van der Waals surface area contributed by atoms with E-state index in [4.69, 9.17) is 4.74 Å². The Morgan fingerprint density at radius 1 is 0.912 bits per heavy atom. The molecule has 0 saturated heterocycles. The molecule has 1 saturated carbocycles. The van der Waals surface area contributed by atoms with Crippen LogP contribution in [0.5, 0.6) is 5.75 Å². The number of anilines is 1. The van der Waals surface area contributed by atoms with E-state index in [0.29, 0.717) is 6.61 Å². The summed E-state index contributed by atoms with van der Waals surface area (Å²) < 4.78 is 6.12. The van der Waals surface area contributed by atoms with Gasteiger partial charge in [0.15, 0.2) is 0 Å². The zero-order chi connectivity index (χ0) is 23.5. The molecule has 5 heteroatoms. The Morgan fingerprint density at radius 3 is 2.26 bits per heavy atom. The topological polar surface area (TPSA) is 70.0 Å². The average molecular weight is 458 g/mol. The summed E-state index contributed by atoms with van der Waals surface area (Å²) in [6.45, 7) is 0.0318. The van der Waals surface area contributed by atoms with Gasteiger partial charge in [-0.05, 0) is 47.7 Å². The van der Waals surface area contributed by atoms with Crippen LogP contribution in [0.3, 0.4) is 0 Å². The zero-order valence-corrected chi connectivity index (χ0v) is 19.3. The average Bonchev–Trinajstić information content (AvgIpc) is 3.11. The Morgan fingerprint density at radius 2 is 1.59 bits per heavy atom. The van der Waals surface area contributed by atoms with Gasteiger partial charge in [-0.25, -0.2) is 0 Å². The zero-order valence-electron chi connectivity index (χ0n) is 19.3. The van der Waals surface area contributed by atoms with Crippen molar-refractivity contribution in [2.45, 2.75) is 56.3 Å². The molecule has 5 rings (SSSR count). The lowest BCUT2D eigenvalue weighted by molar-refractivity contribution is -0.125. The van der Waals surface area contributed by atoms with Crippen molar-refractivity contribution in [3.05, 3.63) is 95.6 Å². The molecule has 1 amide bonds. The molecule has 5 nitrogen and oxygen atoms in total. The number of carbonyl (C=O) groups excluding carboxylic acids is 1. The van der Waals surface area contributed by atoms with E-state index in [9.17, 15) is 15.0 Å². The summed E-state index contributed by atoms with van der Waals surface area (Å²) in [6.07, 6.45) is 3.59. The maximum atomic E-state index is 14.2. The lowest BCUT2D eigenvalue weighted by atomic mass is 9.70. The largest absolute Gasteiger partial charge is 0.489 e. The summed E-state index contributed by atoms with van der Waals surface area (Å²) in [5.41, 5.74) is 3.07. The summed E-state index contributed by atoms with van der Waals surface area (Å²) in [5.74, 6) is 0.755. The standard InChI is InChI=1S/C29H31NO4/c31-19-26(32)27(22-12-6-2-7-13-22)30-25-15-14-23(34-20-21-10-4-1-5-11-21)18-24(25)29(28(30)33)16-8-3-9-17-29/h1-2,4-7,10-15,18,26-27,31-32H,3,8-9,16-17,19-20H2/t26-,27+/m1/s1. The molecular formula is C29H31NO4. The van der Waals surface area contributed by atoms with Crippen LogP contribution < -0.4 is 9.64 Å². The number of aliphatic hydroxyl groups excluding tert-OH is 2. The molecule has 1 aliphatic carbocycles. The minimum absolute atomic E-state index is 0.0174. The normalized spacial score (nSPS) is 18.5. The minimum atomic E-state index is -1.09. The van der Waals surface area contributed by atoms with Gasteiger partial charge in [0.2, 0.25) is 5.91 Å². The van der Waals surface area contributed by atoms with Gasteiger partial charge in [0, 0.05) is 5.69 Å². The van der Waals surface area contributed by atoms with Gasteiger partial charge in [0.25, 0.3) is 0 Å². The van der Waals surface area contributed by atoms with Crippen LogP contribution in [0.15, 0.2) is 78.9 Å². The SMILES string of the molecule is O=C1N([C@@H](c2ccccc2)[C@H](O)CO)c2ccc(OCc3ccccc3)cc2C12CCCCC2. The van der Waals surface area contributed by atoms with Crippen LogP contribution in [0.25, 0.3) is 0 Å². The molecular weight excluding hydrogens is 426 g/mol. The van der Waals surface area contributed by atoms with Gasteiger partial charge in [-0.15, -0.1) is 0 Å². The summed E-state index contributed by atoms with van der Waals surface area (Å²) in [6, 6.07) is 24.7. The fourth-order valence-corrected chi connectivity index (χ4v) is 5.60. The first-order valence-electron chi connectivity index (χ1n) is 12.1. The van der Waals surface area contributed by atoms with Gasteiger partial charge in [-0.3, -0.25) is 4.79 Å². The number of amides is 1. The lowest BCUT2D eigenvalue weighted by Gasteiger charge is -2.36. The van der Waals surface area contributed by atoms with Gasteiger partial charge < -0.3 is 19.8 Å². The highest BCUT2D eigenvalue weighted by molar-refractivity contribution is 6.09. The van der Waals surface area contributed by atoms with Gasteiger partial charge in [0.05, 0.1) is 18.1 Å². The van der Waals surface area contributed by atoms with Crippen molar-refractivity contribution in [3.63, 3.8) is 0 Å². The van der Waals surface area contributed by atoms with Gasteiger partial charge in [-0.2, -0.15) is 0 Å². The van der Waals surface area contributed by atoms with Crippen molar-refractivity contribution < 1.29 is 19.7 Å². The van der Waals surface area contributed by atoms with E-state index in [2.05, 4.69) is 0 Å². The van der Waals surface area contributed by atoms with Crippen LogP contribution in [0.2, 0.25) is 0 Å². The Labute approximate surface area is 200 Å². The van der Waals surface area contributed by atoms with E-state index in [1.165, 1.54) is 0 Å². The van der Waals surface area contributed by atoms with Gasteiger partial charge in [-0.1, -0.05) is 79.9 Å². The quantitative estimate of drug-likeness (QED) is 0.529. The molecule has 176 valence electrons. The third kappa shape index (κ3) is 3.99. The summed E-state index contributed by atoms with van der Waals surface area (Å²) in [5, 5.41) is 20.7. The first-order valence-corrected chi connectivity index (χ1v) is 12.1. The third-order valence-electron chi connectivity index (χ3n) is 7.30. The van der Waals surface area contributed by atoms with E-state index in [1.54, 1.807) is 4.90 Å². The summed E-state index contributed by atoms with van der Waals surface area (Å²) in [7, 11) is 0. The first kappa shape index (κ1) is 22.6. The molecule has 1 fully saturated rings. The van der Waals surface area contributed by atoms with Crippen LogP contribution >= 0.6 is 0 Å². The number of ether oxygens (including phenoxy) is 1. The molecule has 0 aromatic heterocycles. The molecule has 2 N–H and O–H groups in total. The monoisotopic (exact) mass is 457 g/mol. The van der Waals surface area contributed by atoms with Crippen molar-refractivity contribution in [1.29, 1.82) is 0 Å². The fraction of sp³-hybridized carbons (Fsp3) is 0.345. The Hall–Kier alpha value is -3.15. The van der Waals surface area contributed by atoms with Crippen LogP contribution in [0, 0.1) is 0 Å². The number of nitrogens with zero attached hydrogens (tertiary/aromatic N) is 1. The number of hydrogen-bond acceptors (Lipinski definition) is 4. The highest BCUT2D eigenvalue weighted by Crippen LogP contribution is 2.53. The Bertz CT molecular complexity index is 1130. The molecule has 3 aromatic carbocycles. The molecule has 1 heterocycles. The van der Waals surface area contributed by atoms with E-state index in [1.807, 2.05) is 78.9 Å². The van der Waals surface area contributed by atoms with E-state index in [-0.39, 0.29) is 5.91 Å². The van der Waals surface area contributed by atoms with Gasteiger partial charge in [0.1, 0.15) is 18.5 Å². The lowest BCUT2D eigenvalue weighted by Crippen LogP contribution is -2.46. The molecule has 0 unspecified atom stereocenters. The predicted octanol–water partition coefficient (Wildman–Crippen LogP) is 4.91. The molecule has 0 bridgehead atoms. The first-order chi connectivity index (χ1) is 16.6. The second-order valence-corrected chi connectivity index (χ2v) is 9.38. The minimum Gasteiger partial charge on any atom is -0.489 e. The summed E-state index contributed by atoms with van der Waals surface area (Å²) >= 11 is 0. The number of benzene rings is 3. The highest BCUT2D eigenvalue weighted by Gasteiger charge is 2.53. The number of fused-ring (bicyclic) bond motifs is 2. The Kier molecular flexibility index (Phi) is 6.40. The smallest absolute Gasteiger partial charge is 0.238 e. The van der Waals surface area contributed by atoms with E-state index < -0.39 is 24.2 Å². The number of rotatable bonds is 7. The fourth-order valence-electron chi connectivity index (χ4n) is 5.60. The molecule has 2 aliphatic rings. The second kappa shape index (κ2) is 9.61. The Balaban J connectivity index is 1.56. The third-order valence-corrected chi connectivity index (χ3v) is 7.30. The van der Waals surface area contributed by atoms with Crippen molar-refractivity contribution in [2.24, 2.45) is 0 Å².